The normalized spacial score (nSPS) is 12.3. The summed E-state index contributed by atoms with van der Waals surface area (Å²) in [6.45, 7) is 7.60. The van der Waals surface area contributed by atoms with Gasteiger partial charge >= 0.3 is 0 Å². The summed E-state index contributed by atoms with van der Waals surface area (Å²) < 4.78 is 33.8. The Bertz CT molecular complexity index is 1240. The van der Waals surface area contributed by atoms with Crippen molar-refractivity contribution in [1.29, 1.82) is 0 Å². The molecule has 0 saturated heterocycles. The predicted molar refractivity (Wildman–Crippen MR) is 140 cm³/mol. The van der Waals surface area contributed by atoms with Crippen LogP contribution in [0.2, 0.25) is 0 Å². The summed E-state index contributed by atoms with van der Waals surface area (Å²) >= 11 is 0. The Morgan fingerprint density at radius 1 is 0.971 bits per heavy atom. The summed E-state index contributed by atoms with van der Waals surface area (Å²) in [5.41, 5.74) is 3.12. The summed E-state index contributed by atoms with van der Waals surface area (Å²) in [6.07, 6.45) is 0.715. The quantitative estimate of drug-likeness (QED) is 0.409. The molecule has 3 aromatic carbocycles. The Kier molecular flexibility index (Phi) is 8.57. The lowest BCUT2D eigenvalue weighted by molar-refractivity contribution is -0.120. The van der Waals surface area contributed by atoms with Gasteiger partial charge in [-0.2, -0.15) is 0 Å². The molecule has 0 heterocycles. The topological polar surface area (TPSA) is 75.7 Å². The molecule has 186 valence electrons. The van der Waals surface area contributed by atoms with Crippen LogP contribution in [0.15, 0.2) is 77.7 Å². The van der Waals surface area contributed by atoms with Crippen molar-refractivity contribution in [3.8, 4) is 5.75 Å². The summed E-state index contributed by atoms with van der Waals surface area (Å²) in [5.74, 6) is 0.691. The second-order valence-corrected chi connectivity index (χ2v) is 11.0. The minimum absolute atomic E-state index is 0.141. The molecule has 3 rings (SSSR count). The van der Waals surface area contributed by atoms with Gasteiger partial charge in [0.2, 0.25) is 5.91 Å². The van der Waals surface area contributed by atoms with Gasteiger partial charge in [0, 0.05) is 0 Å². The van der Waals surface area contributed by atoms with E-state index in [1.807, 2.05) is 50.2 Å². The molecule has 0 aliphatic rings. The molecular formula is C28H34N2O4S. The van der Waals surface area contributed by atoms with Gasteiger partial charge in [0.15, 0.2) is 0 Å². The Labute approximate surface area is 209 Å². The van der Waals surface area contributed by atoms with Crippen LogP contribution in [0.4, 0.5) is 5.69 Å². The molecule has 0 spiro atoms. The van der Waals surface area contributed by atoms with Gasteiger partial charge in [-0.3, -0.25) is 9.10 Å². The monoisotopic (exact) mass is 494 g/mol. The van der Waals surface area contributed by atoms with E-state index in [-0.39, 0.29) is 23.4 Å². The predicted octanol–water partition coefficient (Wildman–Crippen LogP) is 5.41. The number of hydrogen-bond donors (Lipinski definition) is 1. The maximum atomic E-state index is 13.7. The zero-order valence-corrected chi connectivity index (χ0v) is 21.8. The number of ether oxygens (including phenoxy) is 1. The van der Waals surface area contributed by atoms with E-state index in [4.69, 9.17) is 4.74 Å². The van der Waals surface area contributed by atoms with Crippen molar-refractivity contribution in [2.24, 2.45) is 5.92 Å². The lowest BCUT2D eigenvalue weighted by atomic mass is 9.97. The third-order valence-corrected chi connectivity index (χ3v) is 7.59. The first-order valence-electron chi connectivity index (χ1n) is 11.7. The number of amides is 1. The van der Waals surface area contributed by atoms with E-state index in [0.717, 1.165) is 22.4 Å². The largest absolute Gasteiger partial charge is 0.497 e. The van der Waals surface area contributed by atoms with Crippen LogP contribution in [0.5, 0.6) is 5.75 Å². The van der Waals surface area contributed by atoms with Crippen LogP contribution in [0, 0.1) is 19.8 Å². The summed E-state index contributed by atoms with van der Waals surface area (Å²) in [4.78, 5) is 13.5. The average molecular weight is 495 g/mol. The van der Waals surface area contributed by atoms with Gasteiger partial charge in [-0.1, -0.05) is 56.3 Å². The van der Waals surface area contributed by atoms with E-state index in [1.54, 1.807) is 43.5 Å². The zero-order valence-electron chi connectivity index (χ0n) is 21.0. The SMILES string of the molecule is COc1ccc(C(CC(C)C)NC(=O)CN(c2cc(C)ccc2C)S(=O)(=O)c2ccccc2)cc1. The minimum Gasteiger partial charge on any atom is -0.497 e. The molecule has 7 heteroatoms. The molecule has 1 unspecified atom stereocenters. The molecule has 0 fully saturated rings. The first kappa shape index (κ1) is 26.3. The Hall–Kier alpha value is -3.32. The maximum Gasteiger partial charge on any atom is 0.264 e. The molecule has 0 radical (unpaired) electrons. The second kappa shape index (κ2) is 11.4. The fourth-order valence-corrected chi connectivity index (χ4v) is 5.46. The fraction of sp³-hybridized carbons (Fsp3) is 0.321. The molecule has 3 aromatic rings. The number of benzene rings is 3. The van der Waals surface area contributed by atoms with Crippen molar-refractivity contribution in [2.75, 3.05) is 18.0 Å². The van der Waals surface area contributed by atoms with Crippen molar-refractivity contribution in [3.63, 3.8) is 0 Å². The van der Waals surface area contributed by atoms with E-state index >= 15 is 0 Å². The molecule has 35 heavy (non-hydrogen) atoms. The second-order valence-electron chi connectivity index (χ2n) is 9.14. The van der Waals surface area contributed by atoms with Gasteiger partial charge in [0.25, 0.3) is 10.0 Å². The number of hydrogen-bond acceptors (Lipinski definition) is 4. The minimum atomic E-state index is -3.96. The number of carbonyl (C=O) groups excluding carboxylic acids is 1. The lowest BCUT2D eigenvalue weighted by Gasteiger charge is -2.28. The molecule has 1 atom stereocenters. The van der Waals surface area contributed by atoms with Gasteiger partial charge in [-0.15, -0.1) is 0 Å². The van der Waals surface area contributed by atoms with Gasteiger partial charge < -0.3 is 10.1 Å². The van der Waals surface area contributed by atoms with Crippen molar-refractivity contribution in [1.82, 2.24) is 5.32 Å². The number of aryl methyl sites for hydroxylation is 2. The lowest BCUT2D eigenvalue weighted by Crippen LogP contribution is -2.42. The summed E-state index contributed by atoms with van der Waals surface area (Å²) in [7, 11) is -2.36. The molecule has 6 nitrogen and oxygen atoms in total. The summed E-state index contributed by atoms with van der Waals surface area (Å²) in [6, 6.07) is 21.1. The number of nitrogens with zero attached hydrogens (tertiary/aromatic N) is 1. The first-order valence-corrected chi connectivity index (χ1v) is 13.1. The Morgan fingerprint density at radius 3 is 2.23 bits per heavy atom. The highest BCUT2D eigenvalue weighted by Crippen LogP contribution is 2.29. The molecule has 0 aromatic heterocycles. The van der Waals surface area contributed by atoms with Crippen LogP contribution in [-0.4, -0.2) is 28.0 Å². The Balaban J connectivity index is 1.95. The molecule has 0 aliphatic carbocycles. The third kappa shape index (κ3) is 6.63. The van der Waals surface area contributed by atoms with Crippen LogP contribution in [0.25, 0.3) is 0 Å². The number of sulfonamides is 1. The smallest absolute Gasteiger partial charge is 0.264 e. The average Bonchev–Trinajstić information content (AvgIpc) is 2.84. The van der Waals surface area contributed by atoms with Gasteiger partial charge in [0.1, 0.15) is 12.3 Å². The van der Waals surface area contributed by atoms with E-state index < -0.39 is 10.0 Å². The highest BCUT2D eigenvalue weighted by Gasteiger charge is 2.29. The third-order valence-electron chi connectivity index (χ3n) is 5.81. The highest BCUT2D eigenvalue weighted by atomic mass is 32.2. The molecule has 1 N–H and O–H groups in total. The van der Waals surface area contributed by atoms with Crippen LogP contribution >= 0.6 is 0 Å². The number of rotatable bonds is 10. The zero-order chi connectivity index (χ0) is 25.6. The summed E-state index contributed by atoms with van der Waals surface area (Å²) in [5, 5.41) is 3.07. The number of carbonyl (C=O) groups is 1. The molecule has 1 amide bonds. The van der Waals surface area contributed by atoms with E-state index in [9.17, 15) is 13.2 Å². The Morgan fingerprint density at radius 2 is 1.63 bits per heavy atom. The molecular weight excluding hydrogens is 460 g/mol. The van der Waals surface area contributed by atoms with Crippen LogP contribution in [0.3, 0.4) is 0 Å². The molecule has 0 bridgehead atoms. The fourth-order valence-electron chi connectivity index (χ4n) is 3.96. The van der Waals surface area contributed by atoms with Crippen LogP contribution in [0.1, 0.15) is 43.0 Å². The maximum absolute atomic E-state index is 13.7. The van der Waals surface area contributed by atoms with Crippen LogP contribution in [-0.2, 0) is 14.8 Å². The van der Waals surface area contributed by atoms with Gasteiger partial charge in [-0.25, -0.2) is 8.42 Å². The number of anilines is 1. The van der Waals surface area contributed by atoms with Crippen molar-refractivity contribution < 1.29 is 17.9 Å². The van der Waals surface area contributed by atoms with E-state index in [2.05, 4.69) is 19.2 Å². The van der Waals surface area contributed by atoms with E-state index in [0.29, 0.717) is 18.0 Å². The van der Waals surface area contributed by atoms with Crippen molar-refractivity contribution in [3.05, 3.63) is 89.5 Å². The van der Waals surface area contributed by atoms with Crippen LogP contribution < -0.4 is 14.4 Å². The standard InChI is InChI=1S/C28H34N2O4S/c1-20(2)17-26(23-13-15-24(34-5)16-14-23)29-28(31)19-30(27-18-21(3)11-12-22(27)4)35(32,33)25-9-7-6-8-10-25/h6-16,18,20,26H,17,19H2,1-5H3,(H,29,31). The van der Waals surface area contributed by atoms with Crippen molar-refractivity contribution >= 4 is 21.6 Å². The van der Waals surface area contributed by atoms with E-state index in [1.165, 1.54) is 4.31 Å². The van der Waals surface area contributed by atoms with Gasteiger partial charge in [-0.05, 0) is 73.2 Å². The molecule has 0 saturated carbocycles. The van der Waals surface area contributed by atoms with Gasteiger partial charge in [0.05, 0.1) is 23.7 Å². The highest BCUT2D eigenvalue weighted by molar-refractivity contribution is 7.92. The number of nitrogens with one attached hydrogen (secondary N) is 1. The number of methoxy groups -OCH3 is 1. The molecule has 0 aliphatic heterocycles. The first-order chi connectivity index (χ1) is 16.6. The van der Waals surface area contributed by atoms with Crippen molar-refractivity contribution in [2.45, 2.75) is 45.1 Å².